The smallest absolute Gasteiger partial charge is 0 e. The van der Waals surface area contributed by atoms with E-state index in [-0.39, 0.29) is 47.1 Å². The first-order valence-electron chi connectivity index (χ1n) is 4.88. The minimum absolute atomic E-state index is 0. The van der Waals surface area contributed by atoms with Gasteiger partial charge in [0.1, 0.15) is 0 Å². The first-order valence-corrected chi connectivity index (χ1v) is 9.45. The molecule has 1 aliphatic heterocycles. The molecule has 0 amide bonds. The Morgan fingerprint density at radius 3 is 2.24 bits per heavy atom. The maximum atomic E-state index is 12.5. The predicted octanol–water partition coefficient (Wildman–Crippen LogP) is 0.789. The third kappa shape index (κ3) is 2.76. The van der Waals surface area contributed by atoms with Gasteiger partial charge in [-0.3, -0.25) is 0 Å². The Hall–Kier alpha value is 2.05. The summed E-state index contributed by atoms with van der Waals surface area (Å²) < 4.78 is 33.9. The number of rotatable bonds is 5. The van der Waals surface area contributed by atoms with E-state index in [1.54, 1.807) is 0 Å². The van der Waals surface area contributed by atoms with Crippen molar-refractivity contribution in [1.29, 1.82) is 0 Å². The molecule has 1 radical (unpaired) electrons. The summed E-state index contributed by atoms with van der Waals surface area (Å²) in [6, 6.07) is 0. The molecule has 17 heavy (non-hydrogen) atoms. The van der Waals surface area contributed by atoms with Crippen molar-refractivity contribution in [1.82, 2.24) is 0 Å². The molecule has 2 rings (SSSR count). The Balaban J connectivity index is 0.00000144. The molecular formula is C8H13BrO4PS2Tl-. The molecule has 4 nitrogen and oxygen atoms in total. The summed E-state index contributed by atoms with van der Waals surface area (Å²) in [6.07, 6.45) is 1.47. The molecule has 97 valence electrons. The standard InChI is InChI=1S/C8H13BrO4PS2.Tl/c9-3-7(1-2-7)16(10,11)8(4-12-5-8)6-13-15-14;/h15H,1-6H2;/q-1;. The zero-order valence-electron chi connectivity index (χ0n) is 9.13. The second-order valence-electron chi connectivity index (χ2n) is 4.35. The molecule has 0 aromatic heterocycles. The van der Waals surface area contributed by atoms with E-state index in [4.69, 9.17) is 8.92 Å². The second-order valence-corrected chi connectivity index (χ2v) is 8.56. The van der Waals surface area contributed by atoms with E-state index in [0.29, 0.717) is 16.3 Å². The average molecular weight is 553 g/mol. The van der Waals surface area contributed by atoms with Crippen LogP contribution in [0.3, 0.4) is 0 Å². The van der Waals surface area contributed by atoms with E-state index in [0.717, 1.165) is 12.8 Å². The minimum Gasteiger partial charge on any atom is 0 e. The summed E-state index contributed by atoms with van der Waals surface area (Å²) in [7, 11) is 0.697. The van der Waals surface area contributed by atoms with E-state index in [1.165, 1.54) is 0 Å². The van der Waals surface area contributed by atoms with E-state index in [1.807, 2.05) is 0 Å². The van der Waals surface area contributed by atoms with Crippen molar-refractivity contribution in [3.8, 4) is 0 Å². The molecule has 1 saturated heterocycles. The summed E-state index contributed by atoms with van der Waals surface area (Å²) in [5.74, 6) is 0. The van der Waals surface area contributed by atoms with Gasteiger partial charge in [0.25, 0.3) is 0 Å². The summed E-state index contributed by atoms with van der Waals surface area (Å²) in [5, 5.41) is 0.503. The van der Waals surface area contributed by atoms with Gasteiger partial charge in [0.2, 0.25) is 0 Å². The molecule has 0 aromatic rings. The summed E-state index contributed by atoms with van der Waals surface area (Å²) >= 11 is 3.76. The molecule has 0 aromatic carbocycles. The van der Waals surface area contributed by atoms with Crippen LogP contribution in [0.5, 0.6) is 0 Å². The van der Waals surface area contributed by atoms with Gasteiger partial charge in [-0.15, -0.1) is 0 Å². The molecule has 0 spiro atoms. The van der Waals surface area contributed by atoms with Crippen molar-refractivity contribution in [3.63, 3.8) is 0 Å². The number of hydrogen-bond donors (Lipinski definition) is 0. The van der Waals surface area contributed by atoms with Gasteiger partial charge >= 0.3 is 109 Å². The molecule has 0 unspecified atom stereocenters. The van der Waals surface area contributed by atoms with Gasteiger partial charge in [0.05, 0.1) is 0 Å². The van der Waals surface area contributed by atoms with Crippen molar-refractivity contribution >= 4 is 71.9 Å². The van der Waals surface area contributed by atoms with Crippen LogP contribution in [-0.4, -0.2) is 70.4 Å². The maximum Gasteiger partial charge on any atom is 0 e. The van der Waals surface area contributed by atoms with Crippen molar-refractivity contribution < 1.29 is 17.3 Å². The van der Waals surface area contributed by atoms with Crippen molar-refractivity contribution in [3.05, 3.63) is 0 Å². The van der Waals surface area contributed by atoms with Gasteiger partial charge in [-0.2, -0.15) is 0 Å². The minimum atomic E-state index is -3.21. The Bertz CT molecular complexity index is 427. The SMILES string of the molecule is O=S(=O)(C1(CBr)CC1)C1(CO[SH-]#P)COC1.[Tl]. The Morgan fingerprint density at radius 2 is 1.94 bits per heavy atom. The number of halogens is 1. The number of ether oxygens (including phenoxy) is 1. The molecule has 2 fully saturated rings. The molecule has 1 heterocycles. The van der Waals surface area contributed by atoms with Gasteiger partial charge < -0.3 is 0 Å². The van der Waals surface area contributed by atoms with Gasteiger partial charge in [-0.05, 0) is 0 Å². The third-order valence-corrected chi connectivity index (χ3v) is 8.53. The fourth-order valence-corrected chi connectivity index (χ4v) is 6.29. The van der Waals surface area contributed by atoms with Crippen LogP contribution in [0.4, 0.5) is 0 Å². The van der Waals surface area contributed by atoms with E-state index < -0.39 is 19.3 Å². The largest absolute Gasteiger partial charge is 0 e. The maximum absolute atomic E-state index is 12.5. The number of alkyl halides is 1. The van der Waals surface area contributed by atoms with Crippen molar-refractivity contribution in [2.24, 2.45) is 0 Å². The van der Waals surface area contributed by atoms with Gasteiger partial charge in [0.15, 0.2) is 0 Å². The Kier molecular flexibility index (Phi) is 6.26. The normalized spacial score (nSPS) is 24.5. The van der Waals surface area contributed by atoms with Gasteiger partial charge in [0, 0.05) is 27.3 Å². The van der Waals surface area contributed by atoms with Crippen LogP contribution in [0.2, 0.25) is 0 Å². The third-order valence-electron chi connectivity index (χ3n) is 3.31. The molecule has 1 aliphatic carbocycles. The Labute approximate surface area is 135 Å². The van der Waals surface area contributed by atoms with Crippen LogP contribution < -0.4 is 0 Å². The van der Waals surface area contributed by atoms with Crippen LogP contribution in [0, 0.1) is 0 Å². The number of sulfone groups is 1. The Morgan fingerprint density at radius 1 is 1.35 bits per heavy atom. The molecule has 2 aliphatic rings. The molecule has 1 saturated carbocycles. The fourth-order valence-electron chi connectivity index (χ4n) is 1.87. The molecule has 0 bridgehead atoms. The summed E-state index contributed by atoms with van der Waals surface area (Å²) in [4.78, 5) is 0. The summed E-state index contributed by atoms with van der Waals surface area (Å²) in [6.45, 7) is 0.663. The van der Waals surface area contributed by atoms with E-state index in [2.05, 4.69) is 23.7 Å². The molecular weight excluding hydrogens is 539 g/mol. The predicted molar refractivity (Wildman–Crippen MR) is 75.6 cm³/mol. The van der Waals surface area contributed by atoms with Crippen LogP contribution in [-0.2, 0) is 29.8 Å². The average Bonchev–Trinajstić information content (AvgIpc) is 2.96. The van der Waals surface area contributed by atoms with E-state index >= 15 is 0 Å². The first-order chi connectivity index (χ1) is 7.54. The second kappa shape index (κ2) is 6.22. The topological polar surface area (TPSA) is 52.6 Å². The first kappa shape index (κ1) is 17.1. The monoisotopic (exact) mass is 552 g/mol. The van der Waals surface area contributed by atoms with Gasteiger partial charge in [-0.25, -0.2) is 0 Å². The van der Waals surface area contributed by atoms with Crippen LogP contribution >= 0.6 is 23.7 Å². The quantitative estimate of drug-likeness (QED) is 0.167. The van der Waals surface area contributed by atoms with Crippen molar-refractivity contribution in [2.45, 2.75) is 22.3 Å². The number of hydrogen-bond acceptors (Lipinski definition) is 5. The molecule has 0 N–H and O–H groups in total. The van der Waals surface area contributed by atoms with E-state index in [9.17, 15) is 8.42 Å². The van der Waals surface area contributed by atoms with Gasteiger partial charge in [-0.1, -0.05) is 0 Å². The zero-order chi connectivity index (χ0) is 11.9. The van der Waals surface area contributed by atoms with Crippen molar-refractivity contribution in [2.75, 3.05) is 25.2 Å². The summed E-state index contributed by atoms with van der Waals surface area (Å²) in [5.41, 5.74) is 0. The van der Waals surface area contributed by atoms with Crippen LogP contribution in [0.15, 0.2) is 0 Å². The number of thiol groups is 1. The molecule has 0 atom stereocenters. The molecule has 9 heteroatoms. The van der Waals surface area contributed by atoms with Crippen LogP contribution in [0.1, 0.15) is 12.8 Å². The van der Waals surface area contributed by atoms with Crippen LogP contribution in [0.25, 0.3) is 0 Å². The zero-order valence-corrected chi connectivity index (χ0v) is 17.8. The fraction of sp³-hybridized carbons (Fsp3) is 1.00.